The summed E-state index contributed by atoms with van der Waals surface area (Å²) in [5.74, 6) is 0. The van der Waals surface area contributed by atoms with Gasteiger partial charge in [0.15, 0.2) is 0 Å². The van der Waals surface area contributed by atoms with Gasteiger partial charge in [0.25, 0.3) is 0 Å². The van der Waals surface area contributed by atoms with Crippen LogP contribution in [-0.4, -0.2) is 25.2 Å². The largest absolute Gasteiger partial charge is 0.309 e. The zero-order chi connectivity index (χ0) is 6.69. The van der Waals surface area contributed by atoms with Crippen LogP contribution in [0.1, 0.15) is 19.3 Å². The fraction of sp³-hybridized carbons (Fsp3) is 1.00. The molecule has 9 heavy (non-hydrogen) atoms. The molecule has 0 N–H and O–H groups in total. The molecule has 1 heterocycles. The van der Waals surface area contributed by atoms with Crippen molar-refractivity contribution < 1.29 is 0 Å². The monoisotopic (exact) mass is 183 g/mol. The van der Waals surface area contributed by atoms with Crippen LogP contribution in [0.2, 0.25) is 0 Å². The minimum Gasteiger partial charge on any atom is -0.303 e. The summed E-state index contributed by atoms with van der Waals surface area (Å²) in [5.41, 5.74) is 0. The fourth-order valence-electron chi connectivity index (χ4n) is 1.11. The van der Waals surface area contributed by atoms with Crippen molar-refractivity contribution >= 4 is 29.7 Å². The van der Waals surface area contributed by atoms with Crippen molar-refractivity contribution in [2.45, 2.75) is 19.3 Å². The number of halogens is 2. The van der Waals surface area contributed by atoms with Crippen LogP contribution < -0.4 is 0 Å². The van der Waals surface area contributed by atoms with E-state index in [2.05, 4.69) is 4.57 Å². The highest BCUT2D eigenvalue weighted by atomic mass is 35.7. The first-order valence-corrected chi connectivity index (χ1v) is 7.33. The highest BCUT2D eigenvalue weighted by Crippen LogP contribution is 2.13. The lowest BCUT2D eigenvalue weighted by Crippen LogP contribution is -2.35. The summed E-state index contributed by atoms with van der Waals surface area (Å²) in [6.45, 7) is 2.26. The predicted molar refractivity (Wildman–Crippen MR) is 44.3 cm³/mol. The second-order valence-corrected chi connectivity index (χ2v) is 6.81. The van der Waals surface area contributed by atoms with E-state index in [0.29, 0.717) is 0 Å². The number of hydrogen-bond donors (Lipinski definition) is 0. The Morgan fingerprint density at radius 2 is 1.56 bits per heavy atom. The van der Waals surface area contributed by atoms with Crippen molar-refractivity contribution in [1.82, 2.24) is 4.57 Å². The Morgan fingerprint density at radius 1 is 1.00 bits per heavy atom. The normalized spacial score (nSPS) is 23.0. The molecular weight excluding hydrogens is 173 g/mol. The topological polar surface area (TPSA) is 3.24 Å². The van der Waals surface area contributed by atoms with Crippen LogP contribution in [0.5, 0.6) is 0 Å². The minimum absolute atomic E-state index is 1.13. The van der Waals surface area contributed by atoms with E-state index in [1.165, 1.54) is 19.3 Å². The molecule has 0 unspecified atom stereocenters. The minimum atomic E-state index is -1.47. The fourth-order valence-corrected chi connectivity index (χ4v) is 3.04. The Hall–Kier alpha value is 0.757. The van der Waals surface area contributed by atoms with E-state index in [9.17, 15) is 0 Å². The Morgan fingerprint density at radius 3 is 1.89 bits per heavy atom. The van der Waals surface area contributed by atoms with Gasteiger partial charge < -0.3 is 4.57 Å². The third-order valence-electron chi connectivity index (χ3n) is 1.67. The average molecular weight is 184 g/mol. The Balaban J connectivity index is 2.23. The molecule has 0 saturated carbocycles. The molecule has 0 aliphatic carbocycles. The first-order chi connectivity index (χ1) is 4.30. The lowest BCUT2D eigenvalue weighted by Gasteiger charge is -2.26. The van der Waals surface area contributed by atoms with Gasteiger partial charge in [0, 0.05) is 0 Å². The van der Waals surface area contributed by atoms with Crippen LogP contribution in [-0.2, 0) is 0 Å². The van der Waals surface area contributed by atoms with Gasteiger partial charge in [-0.25, -0.2) is 0 Å². The molecule has 1 nitrogen and oxygen atoms in total. The summed E-state index contributed by atoms with van der Waals surface area (Å²) in [6, 6.07) is 0. The highest BCUT2D eigenvalue weighted by Gasteiger charge is 2.16. The van der Waals surface area contributed by atoms with E-state index >= 15 is 0 Å². The first kappa shape index (κ1) is 7.86. The van der Waals surface area contributed by atoms with E-state index in [1.54, 1.807) is 0 Å². The molecule has 0 aromatic heterocycles. The predicted octanol–water partition coefficient (Wildman–Crippen LogP) is 1.67. The van der Waals surface area contributed by atoms with E-state index in [-0.39, 0.29) is 0 Å². The van der Waals surface area contributed by atoms with E-state index in [4.69, 9.17) is 22.2 Å². The summed E-state index contributed by atoms with van der Waals surface area (Å²) >= 11 is 11.6. The van der Waals surface area contributed by atoms with Gasteiger partial charge in [-0.3, -0.25) is 0 Å². The van der Waals surface area contributed by atoms with Gasteiger partial charge >= 0.3 is 7.58 Å². The van der Waals surface area contributed by atoms with Crippen molar-refractivity contribution in [2.24, 2.45) is 0 Å². The van der Waals surface area contributed by atoms with Crippen LogP contribution in [0.25, 0.3) is 0 Å². The zero-order valence-electron chi connectivity index (χ0n) is 5.32. The van der Waals surface area contributed by atoms with Crippen LogP contribution in [0.3, 0.4) is 0 Å². The van der Waals surface area contributed by atoms with Crippen molar-refractivity contribution in [3.05, 3.63) is 0 Å². The second kappa shape index (κ2) is 3.81. The molecule has 1 saturated heterocycles. The summed E-state index contributed by atoms with van der Waals surface area (Å²) in [5, 5.41) is 0. The second-order valence-electron chi connectivity index (χ2n) is 2.37. The third kappa shape index (κ3) is 2.46. The SMILES string of the molecule is Cl[SiH](Cl)N1CCCCC1. The van der Waals surface area contributed by atoms with Gasteiger partial charge in [0.2, 0.25) is 0 Å². The summed E-state index contributed by atoms with van der Waals surface area (Å²) in [7, 11) is -1.47. The summed E-state index contributed by atoms with van der Waals surface area (Å²) < 4.78 is 2.23. The van der Waals surface area contributed by atoms with Crippen molar-refractivity contribution in [3.63, 3.8) is 0 Å². The Kier molecular flexibility index (Phi) is 3.33. The van der Waals surface area contributed by atoms with Gasteiger partial charge in [-0.15, -0.1) is 22.2 Å². The van der Waals surface area contributed by atoms with Crippen LogP contribution in [0.4, 0.5) is 0 Å². The highest BCUT2D eigenvalue weighted by molar-refractivity contribution is 7.32. The van der Waals surface area contributed by atoms with Crippen molar-refractivity contribution in [2.75, 3.05) is 13.1 Å². The quantitative estimate of drug-likeness (QED) is 0.442. The first-order valence-electron chi connectivity index (χ1n) is 3.33. The van der Waals surface area contributed by atoms with Crippen molar-refractivity contribution in [3.8, 4) is 0 Å². The van der Waals surface area contributed by atoms with Gasteiger partial charge in [0.05, 0.1) is 0 Å². The van der Waals surface area contributed by atoms with Gasteiger partial charge in [0.1, 0.15) is 0 Å². The number of hydrogen-bond acceptors (Lipinski definition) is 1. The number of nitrogens with zero attached hydrogens (tertiary/aromatic N) is 1. The molecule has 1 aliphatic heterocycles. The molecule has 0 bridgehead atoms. The van der Waals surface area contributed by atoms with Gasteiger partial charge in [-0.2, -0.15) is 0 Å². The zero-order valence-corrected chi connectivity index (χ0v) is 7.98. The van der Waals surface area contributed by atoms with Crippen molar-refractivity contribution in [1.29, 1.82) is 0 Å². The molecule has 1 fully saturated rings. The molecule has 1 aliphatic rings. The summed E-state index contributed by atoms with van der Waals surface area (Å²) in [4.78, 5) is 0. The molecule has 0 aromatic carbocycles. The molecule has 1 rings (SSSR count). The maximum Gasteiger partial charge on any atom is 0.309 e. The molecule has 0 atom stereocenters. The van der Waals surface area contributed by atoms with E-state index < -0.39 is 7.58 Å². The maximum absolute atomic E-state index is 5.79. The molecule has 0 amide bonds. The van der Waals surface area contributed by atoms with E-state index in [0.717, 1.165) is 13.1 Å². The molecular formula is C5H11Cl2NSi. The molecule has 4 heteroatoms. The van der Waals surface area contributed by atoms with E-state index in [1.807, 2.05) is 0 Å². The third-order valence-corrected chi connectivity index (χ3v) is 4.39. The molecule has 0 aromatic rings. The molecule has 54 valence electrons. The van der Waals surface area contributed by atoms with Crippen LogP contribution in [0, 0.1) is 0 Å². The van der Waals surface area contributed by atoms with Gasteiger partial charge in [-0.05, 0) is 25.9 Å². The lowest BCUT2D eigenvalue weighted by molar-refractivity contribution is 0.362. The van der Waals surface area contributed by atoms with Crippen LogP contribution in [0.15, 0.2) is 0 Å². The average Bonchev–Trinajstić information content (AvgIpc) is 1.90. The summed E-state index contributed by atoms with van der Waals surface area (Å²) in [6.07, 6.45) is 3.91. The molecule has 0 radical (unpaired) electrons. The molecule has 0 spiro atoms. The number of piperidine rings is 1. The smallest absolute Gasteiger partial charge is 0.303 e. The maximum atomic E-state index is 5.79. The lowest BCUT2D eigenvalue weighted by atomic mass is 10.2. The van der Waals surface area contributed by atoms with Crippen LogP contribution >= 0.6 is 22.2 Å². The van der Waals surface area contributed by atoms with Gasteiger partial charge in [-0.1, -0.05) is 6.42 Å². The Bertz CT molecular complexity index is 83.0. The standard InChI is InChI=1S/C5H11Cl2NSi/c6-9(7)8-4-2-1-3-5-8/h9H,1-5H2. The Labute approximate surface area is 67.0 Å². The number of rotatable bonds is 1.